The molecule has 244 valence electrons. The van der Waals surface area contributed by atoms with Crippen LogP contribution in [-0.4, -0.2) is 0 Å². The van der Waals surface area contributed by atoms with Gasteiger partial charge in [0.2, 0.25) is 0 Å². The monoisotopic (exact) mass is 699 g/mol. The molecule has 0 radical (unpaired) electrons. The molecule has 11 rings (SSSR count). The first-order valence-corrected chi connectivity index (χ1v) is 19.1. The number of hydrogen-bond donors (Lipinski definition) is 0. The third-order valence-electron chi connectivity index (χ3n) is 10.3. The zero-order chi connectivity index (χ0) is 34.2. The van der Waals surface area contributed by atoms with E-state index < -0.39 is 0 Å². The molecule has 8 aromatic carbocycles. The summed E-state index contributed by atoms with van der Waals surface area (Å²) in [6.45, 7) is 0. The molecule has 2 nitrogen and oxygen atoms in total. The van der Waals surface area contributed by atoms with Crippen molar-refractivity contribution in [3.05, 3.63) is 176 Å². The minimum Gasteiger partial charge on any atom is -0.456 e. The Labute approximate surface area is 308 Å². The van der Waals surface area contributed by atoms with Crippen molar-refractivity contribution in [2.75, 3.05) is 4.90 Å². The third kappa shape index (κ3) is 4.62. The van der Waals surface area contributed by atoms with Crippen molar-refractivity contribution in [1.82, 2.24) is 0 Å². The SMILES string of the molecule is c1cc(-c2ccc3c(c2)oc2ccccc23)cc(N(c2ccc(-c3cccc4sc5ccccc5c34)cc2)c2cccc3sc4ccccc4c23)c1. The van der Waals surface area contributed by atoms with E-state index in [1.165, 1.54) is 57.2 Å². The zero-order valence-electron chi connectivity index (χ0n) is 27.9. The second-order valence-electron chi connectivity index (χ2n) is 13.3. The summed E-state index contributed by atoms with van der Waals surface area (Å²) >= 11 is 3.72. The van der Waals surface area contributed by atoms with Crippen molar-refractivity contribution < 1.29 is 4.42 Å². The van der Waals surface area contributed by atoms with Crippen molar-refractivity contribution in [2.45, 2.75) is 0 Å². The summed E-state index contributed by atoms with van der Waals surface area (Å²) in [6.07, 6.45) is 0. The standard InChI is InChI=1S/C48H29NOS2/c1-4-17-41-36(12-1)37-27-24-32(29-42(37)50-41)31-10-7-11-34(28-31)49(40-16-9-21-46-48(40)39-14-3-6-19-44(39)52-46)33-25-22-30(23-26-33)35-15-8-20-45-47(35)38-13-2-5-18-43(38)51-45/h1-29H. The van der Waals surface area contributed by atoms with Gasteiger partial charge in [-0.15, -0.1) is 22.7 Å². The third-order valence-corrected chi connectivity index (χ3v) is 12.5. The fourth-order valence-electron chi connectivity index (χ4n) is 7.90. The van der Waals surface area contributed by atoms with Gasteiger partial charge in [0, 0.05) is 62.5 Å². The summed E-state index contributed by atoms with van der Waals surface area (Å²) in [5.74, 6) is 0. The molecule has 0 saturated heterocycles. The predicted molar refractivity (Wildman–Crippen MR) is 225 cm³/mol. The Balaban J connectivity index is 1.09. The van der Waals surface area contributed by atoms with Gasteiger partial charge in [0.05, 0.1) is 5.69 Å². The number of furan rings is 1. The van der Waals surface area contributed by atoms with Crippen LogP contribution in [0.5, 0.6) is 0 Å². The molecule has 0 spiro atoms. The second kappa shape index (κ2) is 11.7. The van der Waals surface area contributed by atoms with E-state index >= 15 is 0 Å². The van der Waals surface area contributed by atoms with Gasteiger partial charge in [-0.1, -0.05) is 103 Å². The molecular weight excluding hydrogens is 671 g/mol. The lowest BCUT2D eigenvalue weighted by Crippen LogP contribution is -2.10. The molecule has 4 heteroatoms. The van der Waals surface area contributed by atoms with Gasteiger partial charge in [0.15, 0.2) is 0 Å². The van der Waals surface area contributed by atoms with Gasteiger partial charge in [-0.3, -0.25) is 0 Å². The van der Waals surface area contributed by atoms with Crippen LogP contribution in [0, 0.1) is 0 Å². The molecule has 3 aromatic heterocycles. The number of nitrogens with zero attached hydrogens (tertiary/aromatic N) is 1. The molecule has 0 aliphatic carbocycles. The summed E-state index contributed by atoms with van der Waals surface area (Å²) in [5.41, 5.74) is 9.93. The molecule has 0 atom stereocenters. The van der Waals surface area contributed by atoms with Crippen molar-refractivity contribution in [3.63, 3.8) is 0 Å². The summed E-state index contributed by atoms with van der Waals surface area (Å²) in [4.78, 5) is 2.43. The van der Waals surface area contributed by atoms with Crippen molar-refractivity contribution in [2.24, 2.45) is 0 Å². The van der Waals surface area contributed by atoms with Crippen LogP contribution in [0.3, 0.4) is 0 Å². The minimum atomic E-state index is 0.902. The Bertz CT molecular complexity index is 3150. The van der Waals surface area contributed by atoms with Gasteiger partial charge in [-0.05, 0) is 95.1 Å². The minimum absolute atomic E-state index is 0.902. The van der Waals surface area contributed by atoms with E-state index in [9.17, 15) is 0 Å². The van der Waals surface area contributed by atoms with Crippen LogP contribution in [0.15, 0.2) is 180 Å². The first kappa shape index (κ1) is 29.5. The van der Waals surface area contributed by atoms with E-state index in [0.717, 1.165) is 44.4 Å². The lowest BCUT2D eigenvalue weighted by atomic mass is 9.98. The van der Waals surface area contributed by atoms with E-state index in [0.29, 0.717) is 0 Å². The Kier molecular flexibility index (Phi) is 6.63. The molecular formula is C48H29NOS2. The maximum absolute atomic E-state index is 6.30. The summed E-state index contributed by atoms with van der Waals surface area (Å²) < 4.78 is 11.5. The number of para-hydroxylation sites is 1. The normalized spacial score (nSPS) is 11.8. The Morgan fingerprint density at radius 2 is 0.962 bits per heavy atom. The average Bonchev–Trinajstić information content (AvgIpc) is 3.90. The van der Waals surface area contributed by atoms with Crippen LogP contribution in [0.1, 0.15) is 0 Å². The Morgan fingerprint density at radius 3 is 1.77 bits per heavy atom. The van der Waals surface area contributed by atoms with Crippen LogP contribution in [0.2, 0.25) is 0 Å². The summed E-state index contributed by atoms with van der Waals surface area (Å²) in [7, 11) is 0. The average molecular weight is 700 g/mol. The van der Waals surface area contributed by atoms with E-state index in [-0.39, 0.29) is 0 Å². The molecule has 0 bridgehead atoms. The number of rotatable bonds is 5. The van der Waals surface area contributed by atoms with E-state index in [1.54, 1.807) is 0 Å². The van der Waals surface area contributed by atoms with Crippen LogP contribution in [0.25, 0.3) is 84.5 Å². The van der Waals surface area contributed by atoms with Gasteiger partial charge < -0.3 is 9.32 Å². The molecule has 3 heterocycles. The molecule has 52 heavy (non-hydrogen) atoms. The van der Waals surface area contributed by atoms with E-state index in [2.05, 4.69) is 169 Å². The summed E-state index contributed by atoms with van der Waals surface area (Å²) in [6, 6.07) is 63.8. The number of benzene rings is 8. The highest BCUT2D eigenvalue weighted by Gasteiger charge is 2.20. The highest BCUT2D eigenvalue weighted by Crippen LogP contribution is 2.46. The fourth-order valence-corrected chi connectivity index (χ4v) is 10.2. The highest BCUT2D eigenvalue weighted by atomic mass is 32.1. The largest absolute Gasteiger partial charge is 0.456 e. The first-order chi connectivity index (χ1) is 25.8. The topological polar surface area (TPSA) is 16.4 Å². The summed E-state index contributed by atoms with van der Waals surface area (Å²) in [5, 5.41) is 7.48. The number of hydrogen-bond acceptors (Lipinski definition) is 4. The van der Waals surface area contributed by atoms with Crippen molar-refractivity contribution in [1.29, 1.82) is 0 Å². The molecule has 11 aromatic rings. The van der Waals surface area contributed by atoms with E-state index in [1.807, 2.05) is 34.8 Å². The molecule has 0 aliphatic heterocycles. The van der Waals surface area contributed by atoms with Gasteiger partial charge in [-0.25, -0.2) is 0 Å². The van der Waals surface area contributed by atoms with Crippen LogP contribution in [-0.2, 0) is 0 Å². The number of anilines is 3. The fraction of sp³-hybridized carbons (Fsp3) is 0. The quantitative estimate of drug-likeness (QED) is 0.178. The Hall–Kier alpha value is -6.20. The van der Waals surface area contributed by atoms with Crippen LogP contribution < -0.4 is 4.90 Å². The molecule has 0 saturated carbocycles. The molecule has 0 amide bonds. The zero-order valence-corrected chi connectivity index (χ0v) is 29.5. The van der Waals surface area contributed by atoms with Crippen LogP contribution in [0.4, 0.5) is 17.1 Å². The maximum Gasteiger partial charge on any atom is 0.136 e. The molecule has 0 unspecified atom stereocenters. The molecule has 0 N–H and O–H groups in total. The highest BCUT2D eigenvalue weighted by molar-refractivity contribution is 7.26. The Morgan fingerprint density at radius 1 is 0.365 bits per heavy atom. The maximum atomic E-state index is 6.30. The lowest BCUT2D eigenvalue weighted by Gasteiger charge is -2.27. The lowest BCUT2D eigenvalue weighted by molar-refractivity contribution is 0.669. The number of fused-ring (bicyclic) bond motifs is 9. The van der Waals surface area contributed by atoms with Crippen molar-refractivity contribution in [3.8, 4) is 22.3 Å². The first-order valence-electron chi connectivity index (χ1n) is 17.5. The second-order valence-corrected chi connectivity index (χ2v) is 15.4. The van der Waals surface area contributed by atoms with Gasteiger partial charge in [0.1, 0.15) is 11.2 Å². The van der Waals surface area contributed by atoms with E-state index in [4.69, 9.17) is 4.42 Å². The smallest absolute Gasteiger partial charge is 0.136 e. The predicted octanol–water partition coefficient (Wildman–Crippen LogP) is 15.1. The molecule has 0 aliphatic rings. The van der Waals surface area contributed by atoms with Crippen LogP contribution >= 0.6 is 22.7 Å². The van der Waals surface area contributed by atoms with Gasteiger partial charge in [0.25, 0.3) is 0 Å². The van der Waals surface area contributed by atoms with Crippen molar-refractivity contribution >= 4 is 102 Å². The molecule has 0 fully saturated rings. The van der Waals surface area contributed by atoms with Gasteiger partial charge >= 0.3 is 0 Å². The van der Waals surface area contributed by atoms with Gasteiger partial charge in [-0.2, -0.15) is 0 Å². The number of thiophene rings is 2.